The van der Waals surface area contributed by atoms with E-state index in [0.717, 1.165) is 12.3 Å². The molecule has 19 nitrogen and oxygen atoms in total. The number of phosphoric acid groups is 3. The van der Waals surface area contributed by atoms with Gasteiger partial charge in [-0.05, 0) is 0 Å². The molecule has 26 heteroatoms. The summed E-state index contributed by atoms with van der Waals surface area (Å²) in [6.45, 7) is 2.74. The van der Waals surface area contributed by atoms with E-state index >= 15 is 0 Å². The van der Waals surface area contributed by atoms with Crippen LogP contribution in [0, 0.1) is 0 Å². The molecule has 0 radical (unpaired) electrons. The Bertz CT molecular complexity index is 1180. The Morgan fingerprint density at radius 2 is 1.63 bits per heavy atom. The van der Waals surface area contributed by atoms with Crippen molar-refractivity contribution in [3.63, 3.8) is 0 Å². The molecule has 194 valence electrons. The predicted octanol–water partition coefficient (Wildman–Crippen LogP) is -16.9. The van der Waals surface area contributed by atoms with Gasteiger partial charge in [0.15, 0.2) is 12.5 Å². The van der Waals surface area contributed by atoms with Gasteiger partial charge in [-0.2, -0.15) is 0 Å². The van der Waals surface area contributed by atoms with Gasteiger partial charge in [0.25, 0.3) is 21.2 Å². The first-order valence-electron chi connectivity index (χ1n) is 8.56. The SMILES string of the molecule is C=CCOC(OP(=O)([O-])OP(=O)([O-])OP(=O)([O-])[O-])C1OC(n2cc(N)c(=O)[nH]c2=O)C(O)C1O.[Na+].[Na+].[Na+].[Na+]. The third kappa shape index (κ3) is 13.4. The van der Waals surface area contributed by atoms with Crippen LogP contribution in [0.4, 0.5) is 5.69 Å². The Labute approximate surface area is 302 Å². The zero-order valence-electron chi connectivity index (χ0n) is 20.4. The van der Waals surface area contributed by atoms with Gasteiger partial charge in [0.2, 0.25) is 0 Å². The third-order valence-corrected chi connectivity index (χ3v) is 7.49. The van der Waals surface area contributed by atoms with Crippen molar-refractivity contribution in [1.82, 2.24) is 9.55 Å². The number of aliphatic hydroxyl groups is 2. The Morgan fingerprint density at radius 3 is 2.13 bits per heavy atom. The van der Waals surface area contributed by atoms with Crippen LogP contribution in [0.25, 0.3) is 0 Å². The molecule has 38 heavy (non-hydrogen) atoms. The molecule has 1 aliphatic heterocycles. The Balaban J connectivity index is -0.00000306. The maximum atomic E-state index is 12.0. The number of hydrogen-bond acceptors (Lipinski definition) is 17. The molecule has 7 atom stereocenters. The van der Waals surface area contributed by atoms with Gasteiger partial charge in [-0.25, -0.2) is 9.11 Å². The first-order valence-corrected chi connectivity index (χ1v) is 12.9. The zero-order valence-corrected chi connectivity index (χ0v) is 31.1. The van der Waals surface area contributed by atoms with Gasteiger partial charge in [-0.3, -0.25) is 32.3 Å². The molecule has 1 fully saturated rings. The summed E-state index contributed by atoms with van der Waals surface area (Å²) in [7, 11) is -18.7. The number of phosphoric ester groups is 1. The average Bonchev–Trinajstić information content (AvgIpc) is 2.94. The van der Waals surface area contributed by atoms with E-state index in [1.807, 2.05) is 0 Å². The van der Waals surface area contributed by atoms with Crippen LogP contribution in [0.1, 0.15) is 6.23 Å². The predicted molar refractivity (Wildman–Crippen MR) is 97.7 cm³/mol. The van der Waals surface area contributed by atoms with E-state index in [1.54, 1.807) is 4.98 Å². The third-order valence-electron chi connectivity index (χ3n) is 3.82. The van der Waals surface area contributed by atoms with Crippen LogP contribution in [-0.2, 0) is 36.3 Å². The van der Waals surface area contributed by atoms with Gasteiger partial charge in [0, 0.05) is 6.20 Å². The second-order valence-electron chi connectivity index (χ2n) is 6.32. The standard InChI is InChI=1S/C12H20N3O16P3.4Na/c1-2-3-27-11(29-33(23,24)31-34(25,26)30-32(20,21)22)8-6(16)7(17)10(28-8)15-4-5(13)9(18)14-12(15)19;;;;/h2,4,6-8,10-11,16-17H,1,3,13H2,(H,23,24)(H,25,26)(H,14,18,19)(H2,20,21,22);;;;/q;4*+1/p-4. The normalized spacial score (nSPS) is 24.7. The minimum absolute atomic E-state index is 0. The minimum Gasteiger partial charge on any atom is -0.790 e. The number of aromatic amines is 1. The van der Waals surface area contributed by atoms with Gasteiger partial charge in [-0.15, -0.1) is 6.58 Å². The van der Waals surface area contributed by atoms with Crippen LogP contribution in [0.3, 0.4) is 0 Å². The monoisotopic (exact) mass is 643 g/mol. The summed E-state index contributed by atoms with van der Waals surface area (Å²) >= 11 is 0. The smallest absolute Gasteiger partial charge is 0.790 e. The summed E-state index contributed by atoms with van der Waals surface area (Å²) in [5, 5.41) is 20.5. The van der Waals surface area contributed by atoms with E-state index in [2.05, 4.69) is 19.7 Å². The molecule has 0 bridgehead atoms. The first kappa shape index (κ1) is 44.9. The van der Waals surface area contributed by atoms with Crippen LogP contribution in [0.5, 0.6) is 0 Å². The Morgan fingerprint density at radius 1 is 1.08 bits per heavy atom. The Kier molecular flexibility index (Phi) is 21.6. The second-order valence-corrected chi connectivity index (χ2v) is 10.5. The molecule has 0 saturated carbocycles. The molecule has 7 unspecified atom stereocenters. The van der Waals surface area contributed by atoms with E-state index in [4.69, 9.17) is 15.2 Å². The van der Waals surface area contributed by atoms with Gasteiger partial charge in [-0.1, -0.05) is 6.08 Å². The van der Waals surface area contributed by atoms with Crippen LogP contribution < -0.4 is 155 Å². The van der Waals surface area contributed by atoms with Crippen molar-refractivity contribution in [2.75, 3.05) is 12.3 Å². The van der Waals surface area contributed by atoms with Crippen LogP contribution in [-0.4, -0.2) is 51.0 Å². The topological polar surface area (TPSA) is 311 Å². The zero-order chi connectivity index (χ0) is 26.1. The summed E-state index contributed by atoms with van der Waals surface area (Å²) in [4.78, 5) is 69.3. The number of nitrogens with zero attached hydrogens (tertiary/aromatic N) is 1. The van der Waals surface area contributed by atoms with Crippen molar-refractivity contribution in [1.29, 1.82) is 0 Å². The number of anilines is 1. The number of nitrogens with two attached hydrogens (primary N) is 1. The molecule has 1 aliphatic rings. The molecule has 0 amide bonds. The van der Waals surface area contributed by atoms with Crippen molar-refractivity contribution >= 4 is 29.2 Å². The molecule has 0 aliphatic carbocycles. The fourth-order valence-electron chi connectivity index (χ4n) is 2.58. The van der Waals surface area contributed by atoms with Crippen LogP contribution in [0.15, 0.2) is 28.4 Å². The van der Waals surface area contributed by atoms with Gasteiger partial charge in [0.1, 0.15) is 24.0 Å². The summed E-state index contributed by atoms with van der Waals surface area (Å²) < 4.78 is 55.2. The maximum Gasteiger partial charge on any atom is 1.00 e. The second kappa shape index (κ2) is 18.3. The molecule has 1 saturated heterocycles. The average molecular weight is 643 g/mol. The molecular weight excluding hydrogens is 627 g/mol. The molecule has 5 N–H and O–H groups in total. The van der Waals surface area contributed by atoms with Crippen molar-refractivity contribution in [3.05, 3.63) is 39.7 Å². The number of nitrogens with one attached hydrogen (secondary N) is 1. The van der Waals surface area contributed by atoms with Gasteiger partial charge < -0.3 is 49.6 Å². The summed E-state index contributed by atoms with van der Waals surface area (Å²) in [5.74, 6) is 0. The Hall–Kier alpha value is 2.47. The minimum atomic E-state index is -6.31. The molecule has 0 spiro atoms. The number of H-pyrrole nitrogens is 1. The number of aromatic nitrogens is 2. The number of rotatable bonds is 11. The van der Waals surface area contributed by atoms with Gasteiger partial charge in [0.05, 0.1) is 14.4 Å². The molecule has 0 aromatic carbocycles. The number of hydrogen-bond donors (Lipinski definition) is 4. The largest absolute Gasteiger partial charge is 1.00 e. The van der Waals surface area contributed by atoms with Gasteiger partial charge >= 0.3 is 124 Å². The number of nitrogen functional groups attached to an aromatic ring is 1. The van der Waals surface area contributed by atoms with Crippen molar-refractivity contribution < 1.29 is 184 Å². The fourth-order valence-corrected chi connectivity index (χ4v) is 5.52. The number of ether oxygens (including phenoxy) is 2. The van der Waals surface area contributed by atoms with Crippen LogP contribution >= 0.6 is 23.5 Å². The van der Waals surface area contributed by atoms with E-state index < -0.39 is 77.8 Å². The van der Waals surface area contributed by atoms with Crippen molar-refractivity contribution in [3.8, 4) is 0 Å². The van der Waals surface area contributed by atoms with Crippen molar-refractivity contribution in [2.45, 2.75) is 30.8 Å². The quantitative estimate of drug-likeness (QED) is 0.0753. The molecule has 2 rings (SSSR count). The first-order chi connectivity index (χ1) is 15.5. The molecule has 1 aromatic heterocycles. The maximum absolute atomic E-state index is 12.0. The van der Waals surface area contributed by atoms with E-state index in [-0.39, 0.29) is 118 Å². The van der Waals surface area contributed by atoms with E-state index in [1.165, 1.54) is 0 Å². The molecule has 2 heterocycles. The van der Waals surface area contributed by atoms with Crippen LogP contribution in [0.2, 0.25) is 0 Å². The molecule has 1 aromatic rings. The van der Waals surface area contributed by atoms with E-state index in [9.17, 15) is 53.1 Å². The van der Waals surface area contributed by atoms with Crippen molar-refractivity contribution in [2.24, 2.45) is 0 Å². The fraction of sp³-hybridized carbons (Fsp3) is 0.500. The summed E-state index contributed by atoms with van der Waals surface area (Å²) in [6, 6.07) is 0. The summed E-state index contributed by atoms with van der Waals surface area (Å²) in [5.41, 5.74) is 2.77. The number of aliphatic hydroxyl groups excluding tert-OH is 2. The van der Waals surface area contributed by atoms with E-state index in [0.29, 0.717) is 4.57 Å². The summed E-state index contributed by atoms with van der Waals surface area (Å²) in [6.07, 6.45) is -8.35. The molecular formula is C12H16N3Na4O16P3.